The molecule has 20 heavy (non-hydrogen) atoms. The summed E-state index contributed by atoms with van der Waals surface area (Å²) in [6.07, 6.45) is 4.20. The maximum absolute atomic E-state index is 12.5. The molecule has 2 heterocycles. The average molecular weight is 301 g/mol. The van der Waals surface area contributed by atoms with E-state index in [2.05, 4.69) is 5.10 Å². The fraction of sp³-hybridized carbons (Fsp3) is 0.667. The van der Waals surface area contributed by atoms with Crippen molar-refractivity contribution in [3.8, 4) is 0 Å². The Bertz CT molecular complexity index is 610. The number of aliphatic carboxylic acids is 1. The van der Waals surface area contributed by atoms with Crippen molar-refractivity contribution in [3.05, 3.63) is 12.4 Å². The molecular formula is C12H19N3O4S. The summed E-state index contributed by atoms with van der Waals surface area (Å²) in [6, 6.07) is 0. The van der Waals surface area contributed by atoms with Gasteiger partial charge in [-0.1, -0.05) is 6.92 Å². The van der Waals surface area contributed by atoms with Crippen molar-refractivity contribution < 1.29 is 18.3 Å². The summed E-state index contributed by atoms with van der Waals surface area (Å²) in [6.45, 7) is 2.16. The molecule has 1 N–H and O–H groups in total. The van der Waals surface area contributed by atoms with Crippen LogP contribution in [0.2, 0.25) is 0 Å². The number of hydrogen-bond donors (Lipinski definition) is 1. The van der Waals surface area contributed by atoms with Gasteiger partial charge in [-0.15, -0.1) is 0 Å². The quantitative estimate of drug-likeness (QED) is 0.883. The number of hydrogen-bond acceptors (Lipinski definition) is 4. The zero-order valence-electron chi connectivity index (χ0n) is 11.6. The van der Waals surface area contributed by atoms with Crippen LogP contribution in [0.15, 0.2) is 17.3 Å². The molecule has 0 aromatic carbocycles. The Hall–Kier alpha value is -1.41. The lowest BCUT2D eigenvalue weighted by Gasteiger charge is -2.38. The van der Waals surface area contributed by atoms with Crippen molar-refractivity contribution in [2.24, 2.45) is 12.5 Å². The number of aromatic nitrogens is 2. The predicted octanol–water partition coefficient (Wildman–Crippen LogP) is 0.686. The van der Waals surface area contributed by atoms with E-state index < -0.39 is 21.4 Å². The Labute approximate surface area is 118 Å². The van der Waals surface area contributed by atoms with E-state index in [1.165, 1.54) is 21.4 Å². The van der Waals surface area contributed by atoms with Crippen LogP contribution in [-0.4, -0.2) is 46.7 Å². The first-order chi connectivity index (χ1) is 9.32. The average Bonchev–Trinajstić information content (AvgIpc) is 2.86. The highest BCUT2D eigenvalue weighted by Crippen LogP contribution is 2.35. The monoisotopic (exact) mass is 301 g/mol. The number of nitrogens with zero attached hydrogens (tertiary/aromatic N) is 3. The first-order valence-electron chi connectivity index (χ1n) is 6.54. The Morgan fingerprint density at radius 3 is 2.75 bits per heavy atom. The molecule has 1 saturated heterocycles. The Balaban J connectivity index is 2.31. The zero-order chi connectivity index (χ0) is 15.0. The van der Waals surface area contributed by atoms with Crippen molar-refractivity contribution in [2.45, 2.75) is 31.1 Å². The fourth-order valence-electron chi connectivity index (χ4n) is 2.59. The molecule has 0 bridgehead atoms. The number of piperidine rings is 1. The van der Waals surface area contributed by atoms with Crippen molar-refractivity contribution >= 4 is 16.0 Å². The smallest absolute Gasteiger partial charge is 0.310 e. The van der Waals surface area contributed by atoms with Gasteiger partial charge in [0.25, 0.3) is 0 Å². The first kappa shape index (κ1) is 15.0. The highest BCUT2D eigenvalue weighted by atomic mass is 32.2. The topological polar surface area (TPSA) is 92.5 Å². The van der Waals surface area contributed by atoms with E-state index in [-0.39, 0.29) is 11.4 Å². The van der Waals surface area contributed by atoms with Crippen molar-refractivity contribution in [2.75, 3.05) is 13.1 Å². The Morgan fingerprint density at radius 2 is 2.25 bits per heavy atom. The minimum absolute atomic E-state index is 0.0239. The van der Waals surface area contributed by atoms with Crippen molar-refractivity contribution in [3.63, 3.8) is 0 Å². The van der Waals surface area contributed by atoms with Gasteiger partial charge in [-0.05, 0) is 19.3 Å². The van der Waals surface area contributed by atoms with E-state index in [0.29, 0.717) is 25.8 Å². The van der Waals surface area contributed by atoms with E-state index in [1.54, 1.807) is 14.0 Å². The van der Waals surface area contributed by atoms with Crippen LogP contribution in [0.1, 0.15) is 26.2 Å². The van der Waals surface area contributed by atoms with E-state index >= 15 is 0 Å². The van der Waals surface area contributed by atoms with Gasteiger partial charge in [0.1, 0.15) is 4.90 Å². The van der Waals surface area contributed by atoms with Crippen molar-refractivity contribution in [1.29, 1.82) is 0 Å². The van der Waals surface area contributed by atoms with Crippen molar-refractivity contribution in [1.82, 2.24) is 14.1 Å². The molecule has 1 aliphatic heterocycles. The molecule has 1 unspecified atom stereocenters. The fourth-order valence-corrected chi connectivity index (χ4v) is 4.14. The van der Waals surface area contributed by atoms with Gasteiger partial charge in [0, 0.05) is 26.3 Å². The highest BCUT2D eigenvalue weighted by molar-refractivity contribution is 7.89. The van der Waals surface area contributed by atoms with E-state index in [0.717, 1.165) is 0 Å². The molecule has 7 nitrogen and oxygen atoms in total. The number of rotatable bonds is 4. The van der Waals surface area contributed by atoms with Gasteiger partial charge in [0.15, 0.2) is 0 Å². The molecule has 0 saturated carbocycles. The van der Waals surface area contributed by atoms with Crippen LogP contribution in [-0.2, 0) is 21.9 Å². The van der Waals surface area contributed by atoms with E-state index in [1.807, 2.05) is 0 Å². The minimum atomic E-state index is -3.67. The van der Waals surface area contributed by atoms with Crippen LogP contribution in [0.3, 0.4) is 0 Å². The maximum Gasteiger partial charge on any atom is 0.310 e. The second-order valence-electron chi connectivity index (χ2n) is 5.23. The largest absolute Gasteiger partial charge is 0.481 e. The number of carbonyl (C=O) groups is 1. The SMILES string of the molecule is CCC1(C(=O)O)CCCN(S(=O)(=O)c2cnn(C)c2)C1. The molecule has 1 atom stereocenters. The highest BCUT2D eigenvalue weighted by Gasteiger charge is 2.44. The number of sulfonamides is 1. The summed E-state index contributed by atoms with van der Waals surface area (Å²) in [5, 5.41) is 13.3. The molecule has 2 rings (SSSR count). The molecule has 8 heteroatoms. The summed E-state index contributed by atoms with van der Waals surface area (Å²) < 4.78 is 27.7. The summed E-state index contributed by atoms with van der Waals surface area (Å²) in [7, 11) is -2.03. The van der Waals surface area contributed by atoms with Gasteiger partial charge in [-0.3, -0.25) is 9.48 Å². The van der Waals surface area contributed by atoms with Gasteiger partial charge in [0.2, 0.25) is 10.0 Å². The van der Waals surface area contributed by atoms with Gasteiger partial charge in [-0.2, -0.15) is 9.40 Å². The molecule has 112 valence electrons. The predicted molar refractivity (Wildman–Crippen MR) is 71.6 cm³/mol. The third-order valence-electron chi connectivity index (χ3n) is 3.99. The number of carboxylic acids is 1. The number of aryl methyl sites for hydroxylation is 1. The van der Waals surface area contributed by atoms with Crippen LogP contribution in [0.5, 0.6) is 0 Å². The minimum Gasteiger partial charge on any atom is -0.481 e. The molecule has 1 aromatic heterocycles. The summed E-state index contributed by atoms with van der Waals surface area (Å²) >= 11 is 0. The lowest BCUT2D eigenvalue weighted by atomic mass is 9.78. The van der Waals surface area contributed by atoms with Gasteiger partial charge in [-0.25, -0.2) is 8.42 Å². The molecule has 0 spiro atoms. The van der Waals surface area contributed by atoms with E-state index in [4.69, 9.17) is 0 Å². The Morgan fingerprint density at radius 1 is 1.55 bits per heavy atom. The zero-order valence-corrected chi connectivity index (χ0v) is 12.4. The third kappa shape index (κ3) is 2.45. The normalized spacial score (nSPS) is 24.7. The molecule has 0 aliphatic carbocycles. The molecule has 1 aliphatic rings. The summed E-state index contributed by atoms with van der Waals surface area (Å²) in [4.78, 5) is 11.6. The van der Waals surface area contributed by atoms with Crippen LogP contribution < -0.4 is 0 Å². The van der Waals surface area contributed by atoms with Gasteiger partial charge in [0.05, 0.1) is 11.6 Å². The second kappa shape index (κ2) is 5.17. The van der Waals surface area contributed by atoms with Gasteiger partial charge < -0.3 is 5.11 Å². The van der Waals surface area contributed by atoms with E-state index in [9.17, 15) is 18.3 Å². The molecule has 0 amide bonds. The second-order valence-corrected chi connectivity index (χ2v) is 7.17. The van der Waals surface area contributed by atoms with Gasteiger partial charge >= 0.3 is 5.97 Å². The maximum atomic E-state index is 12.5. The first-order valence-corrected chi connectivity index (χ1v) is 7.98. The van der Waals surface area contributed by atoms with Crippen LogP contribution in [0.4, 0.5) is 0 Å². The van der Waals surface area contributed by atoms with Crippen LogP contribution in [0, 0.1) is 5.41 Å². The molecule has 1 fully saturated rings. The van der Waals surface area contributed by atoms with Crippen LogP contribution >= 0.6 is 0 Å². The lowest BCUT2D eigenvalue weighted by Crippen LogP contribution is -2.49. The molecular weight excluding hydrogens is 282 g/mol. The third-order valence-corrected chi connectivity index (χ3v) is 5.79. The summed E-state index contributed by atoms with van der Waals surface area (Å²) in [5.74, 6) is -0.925. The Kier molecular flexibility index (Phi) is 3.88. The number of carboxylic acid groups (broad SMARTS) is 1. The standard InChI is InChI=1S/C12H19N3O4S/c1-3-12(11(16)17)5-4-6-15(9-12)20(18,19)10-7-13-14(2)8-10/h7-8H,3-6,9H2,1-2H3,(H,16,17). The summed E-state index contributed by atoms with van der Waals surface area (Å²) in [5.41, 5.74) is -0.979. The molecule has 1 aromatic rings. The molecule has 0 radical (unpaired) electrons. The lowest BCUT2D eigenvalue weighted by molar-refractivity contribution is -0.151. The van der Waals surface area contributed by atoms with Crippen LogP contribution in [0.25, 0.3) is 0 Å².